The van der Waals surface area contributed by atoms with E-state index >= 15 is 0 Å². The molecule has 68 valence electrons. The minimum Gasteiger partial charge on any atom is -0.423 e. The largest absolute Gasteiger partial charge is 0.488 e. The molecule has 13 heavy (non-hydrogen) atoms. The number of hydrogen-bond acceptors (Lipinski definition) is 4. The summed E-state index contributed by atoms with van der Waals surface area (Å²) in [5.41, 5.74) is 0.291. The topological polar surface area (TPSA) is 82.5 Å². The van der Waals surface area contributed by atoms with Crippen LogP contribution in [0.15, 0.2) is 18.3 Å². The van der Waals surface area contributed by atoms with E-state index in [-0.39, 0.29) is 5.91 Å². The molecular formula is C7H9BN2O3. The molecule has 0 spiro atoms. The Kier molecular flexibility index (Phi) is 3.00. The smallest absolute Gasteiger partial charge is 0.423 e. The quantitative estimate of drug-likeness (QED) is 0.495. The van der Waals surface area contributed by atoms with Crippen LogP contribution in [0.5, 0.6) is 0 Å². The normalized spacial score (nSPS) is 9.46. The highest BCUT2D eigenvalue weighted by molar-refractivity contribution is 6.58. The van der Waals surface area contributed by atoms with Crippen LogP contribution in [-0.4, -0.2) is 28.1 Å². The molecule has 1 aromatic heterocycles. The average Bonchev–Trinajstić information content (AvgIpc) is 2.03. The molecule has 6 heteroatoms. The lowest BCUT2D eigenvalue weighted by atomic mass is 9.81. The third-order valence-corrected chi connectivity index (χ3v) is 1.39. The highest BCUT2D eigenvalue weighted by Gasteiger charge is 2.11. The zero-order chi connectivity index (χ0) is 9.84. The predicted molar refractivity (Wildman–Crippen MR) is 48.4 cm³/mol. The lowest BCUT2D eigenvalue weighted by Crippen LogP contribution is -2.30. The van der Waals surface area contributed by atoms with E-state index in [1.54, 1.807) is 0 Å². The molecule has 0 unspecified atom stereocenters. The molecule has 5 nitrogen and oxygen atoms in total. The van der Waals surface area contributed by atoms with E-state index in [0.29, 0.717) is 11.3 Å². The van der Waals surface area contributed by atoms with Gasteiger partial charge in [-0.25, -0.2) is 4.98 Å². The summed E-state index contributed by atoms with van der Waals surface area (Å²) >= 11 is 0. The van der Waals surface area contributed by atoms with Crippen LogP contribution < -0.4 is 10.8 Å². The van der Waals surface area contributed by atoms with Crippen molar-refractivity contribution < 1.29 is 14.8 Å². The standard InChI is InChI=1S/C7H9BN2O3/c1-5(11)10-7-4-6(8(12)13)2-3-9-7/h2-4,12-13H,1H3,(H,9,10,11). The second-order valence-corrected chi connectivity index (χ2v) is 2.53. The van der Waals surface area contributed by atoms with Crippen LogP contribution >= 0.6 is 0 Å². The third-order valence-electron chi connectivity index (χ3n) is 1.39. The van der Waals surface area contributed by atoms with Crippen molar-refractivity contribution in [2.45, 2.75) is 6.92 Å². The lowest BCUT2D eigenvalue weighted by molar-refractivity contribution is -0.114. The van der Waals surface area contributed by atoms with E-state index in [9.17, 15) is 4.79 Å². The molecule has 0 aliphatic carbocycles. The summed E-state index contributed by atoms with van der Waals surface area (Å²) in [7, 11) is -1.55. The maximum absolute atomic E-state index is 10.6. The fourth-order valence-electron chi connectivity index (χ4n) is 0.856. The molecule has 0 aliphatic rings. The van der Waals surface area contributed by atoms with Gasteiger partial charge in [0.1, 0.15) is 5.82 Å². The molecule has 1 aromatic rings. The summed E-state index contributed by atoms with van der Waals surface area (Å²) in [5.74, 6) is 0.0511. The number of hydrogen-bond donors (Lipinski definition) is 3. The molecule has 1 heterocycles. The first-order chi connectivity index (χ1) is 6.09. The molecular weight excluding hydrogens is 171 g/mol. The number of anilines is 1. The van der Waals surface area contributed by atoms with Crippen LogP contribution in [0, 0.1) is 0 Å². The van der Waals surface area contributed by atoms with Crippen molar-refractivity contribution in [1.29, 1.82) is 0 Å². The van der Waals surface area contributed by atoms with Crippen LogP contribution in [0.2, 0.25) is 0 Å². The lowest BCUT2D eigenvalue weighted by Gasteiger charge is -2.02. The fraction of sp³-hybridized carbons (Fsp3) is 0.143. The first-order valence-electron chi connectivity index (χ1n) is 3.69. The molecule has 0 aliphatic heterocycles. The van der Waals surface area contributed by atoms with Crippen LogP contribution in [0.3, 0.4) is 0 Å². The molecule has 0 atom stereocenters. The van der Waals surface area contributed by atoms with E-state index < -0.39 is 7.12 Å². The van der Waals surface area contributed by atoms with E-state index in [0.717, 1.165) is 0 Å². The molecule has 1 rings (SSSR count). The molecule has 0 saturated carbocycles. The van der Waals surface area contributed by atoms with Crippen LogP contribution in [0.25, 0.3) is 0 Å². The Hall–Kier alpha value is -1.40. The number of nitrogens with zero attached hydrogens (tertiary/aromatic N) is 1. The second kappa shape index (κ2) is 4.02. The maximum Gasteiger partial charge on any atom is 0.488 e. The Morgan fingerprint density at radius 2 is 2.31 bits per heavy atom. The molecule has 0 radical (unpaired) electrons. The predicted octanol–water partition coefficient (Wildman–Crippen LogP) is -1.28. The van der Waals surface area contributed by atoms with Crippen molar-refractivity contribution in [3.63, 3.8) is 0 Å². The maximum atomic E-state index is 10.6. The molecule has 3 N–H and O–H groups in total. The van der Waals surface area contributed by atoms with Crippen LogP contribution in [-0.2, 0) is 4.79 Å². The zero-order valence-electron chi connectivity index (χ0n) is 7.06. The van der Waals surface area contributed by atoms with Crippen molar-refractivity contribution in [2.24, 2.45) is 0 Å². The zero-order valence-corrected chi connectivity index (χ0v) is 7.06. The van der Waals surface area contributed by atoms with Gasteiger partial charge in [0.2, 0.25) is 5.91 Å². The van der Waals surface area contributed by atoms with Gasteiger partial charge >= 0.3 is 7.12 Å². The average molecular weight is 180 g/mol. The summed E-state index contributed by atoms with van der Waals surface area (Å²) in [6, 6.07) is 2.85. The van der Waals surface area contributed by atoms with Gasteiger partial charge < -0.3 is 15.4 Å². The van der Waals surface area contributed by atoms with Gasteiger partial charge in [-0.05, 0) is 17.6 Å². The van der Waals surface area contributed by atoms with Crippen LogP contribution in [0.1, 0.15) is 6.92 Å². The summed E-state index contributed by atoms with van der Waals surface area (Å²) in [5, 5.41) is 20.0. The molecule has 0 saturated heterocycles. The fourth-order valence-corrected chi connectivity index (χ4v) is 0.856. The van der Waals surface area contributed by atoms with Gasteiger partial charge in [-0.1, -0.05) is 0 Å². The first kappa shape index (κ1) is 9.69. The number of nitrogens with one attached hydrogen (secondary N) is 1. The van der Waals surface area contributed by atoms with Gasteiger partial charge in [0.25, 0.3) is 0 Å². The molecule has 0 bridgehead atoms. The van der Waals surface area contributed by atoms with E-state index in [4.69, 9.17) is 10.0 Å². The first-order valence-corrected chi connectivity index (χ1v) is 3.69. The van der Waals surface area contributed by atoms with Gasteiger partial charge in [-0.2, -0.15) is 0 Å². The number of aromatic nitrogens is 1. The summed E-state index contributed by atoms with van der Waals surface area (Å²) < 4.78 is 0. The number of carbonyl (C=O) groups is 1. The number of carbonyl (C=O) groups excluding carboxylic acids is 1. The van der Waals surface area contributed by atoms with Crippen molar-refractivity contribution in [2.75, 3.05) is 5.32 Å². The Balaban J connectivity index is 2.85. The number of amides is 1. The number of pyridine rings is 1. The molecule has 1 amide bonds. The number of rotatable bonds is 2. The second-order valence-electron chi connectivity index (χ2n) is 2.53. The van der Waals surface area contributed by atoms with Crippen molar-refractivity contribution in [3.05, 3.63) is 18.3 Å². The van der Waals surface area contributed by atoms with E-state index in [2.05, 4.69) is 10.3 Å². The Morgan fingerprint density at radius 1 is 1.62 bits per heavy atom. The van der Waals surface area contributed by atoms with E-state index in [1.165, 1.54) is 25.3 Å². The van der Waals surface area contributed by atoms with Gasteiger partial charge in [-0.15, -0.1) is 0 Å². The molecule has 0 fully saturated rings. The Bertz CT molecular complexity index is 316. The summed E-state index contributed by atoms with van der Waals surface area (Å²) in [6.07, 6.45) is 1.39. The monoisotopic (exact) mass is 180 g/mol. The summed E-state index contributed by atoms with van der Waals surface area (Å²) in [6.45, 7) is 1.35. The van der Waals surface area contributed by atoms with Crippen molar-refractivity contribution >= 4 is 24.3 Å². The van der Waals surface area contributed by atoms with E-state index in [1.807, 2.05) is 0 Å². The van der Waals surface area contributed by atoms with Crippen molar-refractivity contribution in [3.8, 4) is 0 Å². The third kappa shape index (κ3) is 2.85. The Labute approximate surface area is 75.6 Å². The highest BCUT2D eigenvalue weighted by Crippen LogP contribution is 1.97. The van der Waals surface area contributed by atoms with Gasteiger partial charge in [0, 0.05) is 13.1 Å². The molecule has 0 aromatic carbocycles. The van der Waals surface area contributed by atoms with Gasteiger partial charge in [-0.3, -0.25) is 4.79 Å². The van der Waals surface area contributed by atoms with Crippen LogP contribution in [0.4, 0.5) is 5.82 Å². The SMILES string of the molecule is CC(=O)Nc1cc(B(O)O)ccn1. The minimum absolute atomic E-state index is 0.253. The van der Waals surface area contributed by atoms with Crippen molar-refractivity contribution in [1.82, 2.24) is 4.98 Å². The van der Waals surface area contributed by atoms with Gasteiger partial charge in [0.15, 0.2) is 0 Å². The Morgan fingerprint density at radius 3 is 2.85 bits per heavy atom. The van der Waals surface area contributed by atoms with Gasteiger partial charge in [0.05, 0.1) is 0 Å². The minimum atomic E-state index is -1.55. The summed E-state index contributed by atoms with van der Waals surface area (Å²) in [4.78, 5) is 14.4. The highest BCUT2D eigenvalue weighted by atomic mass is 16.4.